The number of carbonyl (C=O) groups is 1. The number of carbonyl (C=O) groups excluding carboxylic acids is 1. The van der Waals surface area contributed by atoms with Crippen molar-refractivity contribution in [1.29, 1.82) is 0 Å². The molecule has 0 saturated heterocycles. The summed E-state index contributed by atoms with van der Waals surface area (Å²) in [7, 11) is -4.05. The third-order valence-corrected chi connectivity index (χ3v) is 4.93. The summed E-state index contributed by atoms with van der Waals surface area (Å²) in [6.07, 6.45) is 20.5. The summed E-state index contributed by atoms with van der Waals surface area (Å²) in [5.74, 6) is -0.934. The van der Waals surface area contributed by atoms with Crippen LogP contribution in [-0.4, -0.2) is 60.9 Å². The van der Waals surface area contributed by atoms with E-state index in [1.807, 2.05) is 0 Å². The minimum Gasteiger partial charge on any atom is -0.464 e. The van der Waals surface area contributed by atoms with E-state index in [2.05, 4.69) is 19.1 Å². The van der Waals surface area contributed by atoms with E-state index >= 15 is 0 Å². The number of esters is 1. The Bertz CT molecular complexity index is 463. The van der Waals surface area contributed by atoms with E-state index in [0.29, 0.717) is 6.42 Å². The maximum atomic E-state index is 11.4. The van der Waals surface area contributed by atoms with Crippen LogP contribution in [0.4, 0.5) is 0 Å². The van der Waals surface area contributed by atoms with Crippen molar-refractivity contribution in [3.8, 4) is 0 Å². The van der Waals surface area contributed by atoms with Gasteiger partial charge < -0.3 is 4.74 Å². The van der Waals surface area contributed by atoms with E-state index in [9.17, 15) is 13.2 Å². The molecular weight excluding hydrogens is 375 g/mol. The van der Waals surface area contributed by atoms with Crippen LogP contribution in [0, 0.1) is 0 Å². The van der Waals surface area contributed by atoms with Gasteiger partial charge >= 0.3 is 5.97 Å². The molecule has 27 heavy (non-hydrogen) atoms. The molecule has 0 aliphatic rings. The smallest absolute Gasteiger partial charge is 0.305 e. The van der Waals surface area contributed by atoms with Gasteiger partial charge in [-0.05, 0) is 32.1 Å². The van der Waals surface area contributed by atoms with E-state index in [4.69, 9.17) is 9.29 Å². The van der Waals surface area contributed by atoms with Gasteiger partial charge in [-0.3, -0.25) is 9.35 Å². The SMILES string of the molecule is CCCCCCCC/C=C\CCCCCCCC(=O)OCCS(=O)(=O)O.[Na]. The molecule has 0 aromatic carbocycles. The zero-order chi connectivity index (χ0) is 19.5. The van der Waals surface area contributed by atoms with Crippen LogP contribution >= 0.6 is 0 Å². The van der Waals surface area contributed by atoms with Crippen LogP contribution in [0.15, 0.2) is 12.2 Å². The molecule has 0 fully saturated rings. The van der Waals surface area contributed by atoms with Gasteiger partial charge in [0.1, 0.15) is 12.4 Å². The van der Waals surface area contributed by atoms with Gasteiger partial charge in [0.25, 0.3) is 10.1 Å². The first-order chi connectivity index (χ1) is 12.5. The van der Waals surface area contributed by atoms with Crippen molar-refractivity contribution in [3.63, 3.8) is 0 Å². The quantitative estimate of drug-likeness (QED) is 0.111. The Morgan fingerprint density at radius 2 is 1.33 bits per heavy atom. The van der Waals surface area contributed by atoms with Gasteiger partial charge in [-0.15, -0.1) is 0 Å². The predicted molar refractivity (Wildman–Crippen MR) is 113 cm³/mol. The fourth-order valence-electron chi connectivity index (χ4n) is 2.67. The van der Waals surface area contributed by atoms with Crippen LogP contribution in [-0.2, 0) is 19.6 Å². The summed E-state index contributed by atoms with van der Waals surface area (Å²) in [6.45, 7) is 1.97. The van der Waals surface area contributed by atoms with Crippen molar-refractivity contribution in [3.05, 3.63) is 12.2 Å². The van der Waals surface area contributed by atoms with E-state index in [1.54, 1.807) is 0 Å². The Balaban J connectivity index is 0. The fourth-order valence-corrected chi connectivity index (χ4v) is 2.97. The second-order valence-corrected chi connectivity index (χ2v) is 8.41. The molecule has 0 unspecified atom stereocenters. The Hall–Kier alpha value is 0.120. The molecule has 0 aliphatic heterocycles. The summed E-state index contributed by atoms with van der Waals surface area (Å²) >= 11 is 0. The van der Waals surface area contributed by atoms with Crippen LogP contribution in [0.5, 0.6) is 0 Å². The number of ether oxygens (including phenoxy) is 1. The molecule has 5 nitrogen and oxygen atoms in total. The minimum absolute atomic E-state index is 0. The normalized spacial score (nSPS) is 11.5. The number of hydrogen-bond acceptors (Lipinski definition) is 4. The molecule has 0 atom stereocenters. The van der Waals surface area contributed by atoms with Crippen LogP contribution in [0.3, 0.4) is 0 Å². The van der Waals surface area contributed by atoms with E-state index in [0.717, 1.165) is 25.7 Å². The monoisotopic (exact) mass is 413 g/mol. The molecule has 155 valence electrons. The molecule has 1 radical (unpaired) electrons. The molecule has 0 heterocycles. The Morgan fingerprint density at radius 3 is 1.85 bits per heavy atom. The first-order valence-electron chi connectivity index (χ1n) is 10.2. The first-order valence-corrected chi connectivity index (χ1v) is 11.8. The van der Waals surface area contributed by atoms with E-state index < -0.39 is 21.8 Å². The third kappa shape index (κ3) is 26.1. The average Bonchev–Trinajstić information content (AvgIpc) is 2.57. The Kier molecular flexibility index (Phi) is 22.6. The largest absolute Gasteiger partial charge is 0.464 e. The average molecular weight is 414 g/mol. The van der Waals surface area contributed by atoms with Crippen molar-refractivity contribution in [2.45, 2.75) is 96.8 Å². The molecule has 0 aliphatic carbocycles. The van der Waals surface area contributed by atoms with Crippen molar-refractivity contribution < 1.29 is 22.5 Å². The summed E-state index contributed by atoms with van der Waals surface area (Å²) in [4.78, 5) is 11.4. The number of allylic oxidation sites excluding steroid dienone is 2. The number of hydrogen-bond donors (Lipinski definition) is 1. The van der Waals surface area contributed by atoms with Gasteiger partial charge in [-0.1, -0.05) is 70.4 Å². The van der Waals surface area contributed by atoms with Crippen LogP contribution in [0.1, 0.15) is 96.8 Å². The Morgan fingerprint density at radius 1 is 0.852 bits per heavy atom. The van der Waals surface area contributed by atoms with Gasteiger partial charge in [0.05, 0.1) is 0 Å². The fraction of sp³-hybridized carbons (Fsp3) is 0.850. The van der Waals surface area contributed by atoms with Crippen molar-refractivity contribution in [2.75, 3.05) is 12.4 Å². The number of rotatable bonds is 18. The molecule has 0 spiro atoms. The maximum absolute atomic E-state index is 11.4. The van der Waals surface area contributed by atoms with Gasteiger partial charge in [0, 0.05) is 36.0 Å². The molecule has 0 aromatic heterocycles. The van der Waals surface area contributed by atoms with Crippen LogP contribution in [0.2, 0.25) is 0 Å². The standard InChI is InChI=1S/C20H38O5S.Na/c1-2-3-4-5-6-7-8-9-10-11-12-13-14-15-16-17-20(21)25-18-19-26(22,23)24;/h9-10H,2-8,11-19H2,1H3,(H,22,23,24);/b10-9-;. The molecule has 0 saturated carbocycles. The predicted octanol–water partition coefficient (Wildman–Crippen LogP) is 5.07. The molecule has 0 rings (SSSR count). The maximum Gasteiger partial charge on any atom is 0.305 e. The van der Waals surface area contributed by atoms with E-state index in [1.165, 1.54) is 57.8 Å². The molecular formula is C20H38NaO5S. The van der Waals surface area contributed by atoms with Gasteiger partial charge in [0.2, 0.25) is 0 Å². The first kappa shape index (κ1) is 29.3. The minimum atomic E-state index is -4.05. The van der Waals surface area contributed by atoms with Crippen molar-refractivity contribution in [1.82, 2.24) is 0 Å². The second-order valence-electron chi connectivity index (χ2n) is 6.84. The third-order valence-electron chi connectivity index (χ3n) is 4.25. The van der Waals surface area contributed by atoms with Crippen LogP contribution in [0.25, 0.3) is 0 Å². The van der Waals surface area contributed by atoms with Crippen molar-refractivity contribution in [2.24, 2.45) is 0 Å². The zero-order valence-electron chi connectivity index (χ0n) is 17.5. The van der Waals surface area contributed by atoms with Gasteiger partial charge in [-0.2, -0.15) is 8.42 Å². The van der Waals surface area contributed by atoms with Gasteiger partial charge in [0.15, 0.2) is 0 Å². The Labute approximate surface area is 188 Å². The molecule has 7 heteroatoms. The zero-order valence-corrected chi connectivity index (χ0v) is 20.3. The van der Waals surface area contributed by atoms with Crippen LogP contribution < -0.4 is 0 Å². The topological polar surface area (TPSA) is 80.7 Å². The summed E-state index contributed by atoms with van der Waals surface area (Å²) in [5.41, 5.74) is 0. The summed E-state index contributed by atoms with van der Waals surface area (Å²) < 4.78 is 34.2. The molecule has 0 bridgehead atoms. The number of unbranched alkanes of at least 4 members (excludes halogenated alkanes) is 11. The van der Waals surface area contributed by atoms with E-state index in [-0.39, 0.29) is 36.2 Å². The molecule has 0 amide bonds. The summed E-state index contributed by atoms with van der Waals surface area (Å²) in [6, 6.07) is 0. The summed E-state index contributed by atoms with van der Waals surface area (Å²) in [5, 5.41) is 0. The second kappa shape index (κ2) is 20.8. The molecule has 0 aromatic rings. The van der Waals surface area contributed by atoms with Crippen molar-refractivity contribution >= 4 is 45.6 Å². The molecule has 1 N–H and O–H groups in total. The van der Waals surface area contributed by atoms with Gasteiger partial charge in [-0.25, -0.2) is 0 Å².